The molecule has 0 aromatic heterocycles. The maximum atomic E-state index is 12.4. The van der Waals surface area contributed by atoms with Gasteiger partial charge < -0.3 is 15.5 Å². The molecule has 2 N–H and O–H groups in total. The third-order valence-corrected chi connectivity index (χ3v) is 7.49. The van der Waals surface area contributed by atoms with E-state index in [1.165, 1.54) is 19.3 Å². The van der Waals surface area contributed by atoms with E-state index in [0.717, 1.165) is 32.4 Å². The number of carbonyl (C=O) groups is 2. The number of nitrogens with zero attached hydrogens (tertiary/aromatic N) is 1. The molecule has 0 aromatic rings. The van der Waals surface area contributed by atoms with E-state index in [4.69, 9.17) is 0 Å². The average molecular weight is 335 g/mol. The number of rotatable bonds is 3. The molecular formula is C19H33N3O2. The quantitative estimate of drug-likeness (QED) is 0.833. The Hall–Kier alpha value is -1.26. The monoisotopic (exact) mass is 335 g/mol. The number of amides is 3. The Morgan fingerprint density at radius 2 is 1.79 bits per heavy atom. The van der Waals surface area contributed by atoms with Gasteiger partial charge in [-0.05, 0) is 62.2 Å². The third-order valence-electron chi connectivity index (χ3n) is 7.49. The highest BCUT2D eigenvalue weighted by atomic mass is 16.2. The number of nitrogens with one attached hydrogen (secondary N) is 2. The molecule has 5 nitrogen and oxygen atoms in total. The number of likely N-dealkylation sites (tertiary alicyclic amines) is 1. The summed E-state index contributed by atoms with van der Waals surface area (Å²) in [5.41, 5.74) is 0.440. The Balaban J connectivity index is 1.53. The summed E-state index contributed by atoms with van der Waals surface area (Å²) in [5, 5.41) is 6.04. The van der Waals surface area contributed by atoms with Crippen LogP contribution in [-0.4, -0.2) is 42.0 Å². The molecule has 1 aliphatic heterocycles. The van der Waals surface area contributed by atoms with Crippen molar-refractivity contribution in [2.24, 2.45) is 16.7 Å². The Kier molecular flexibility index (Phi) is 4.56. The minimum atomic E-state index is -0.456. The van der Waals surface area contributed by atoms with Crippen LogP contribution in [0.3, 0.4) is 0 Å². The summed E-state index contributed by atoms with van der Waals surface area (Å²) < 4.78 is 0. The van der Waals surface area contributed by atoms with Crippen molar-refractivity contribution < 1.29 is 9.59 Å². The molecule has 3 amide bonds. The summed E-state index contributed by atoms with van der Waals surface area (Å²) in [6.45, 7) is 10.4. The van der Waals surface area contributed by atoms with Crippen molar-refractivity contribution in [1.82, 2.24) is 15.5 Å². The van der Waals surface area contributed by atoms with Gasteiger partial charge in [-0.25, -0.2) is 4.79 Å². The maximum Gasteiger partial charge on any atom is 0.315 e. The molecule has 3 fully saturated rings. The number of fused-ring (bicyclic) bond motifs is 2. The van der Waals surface area contributed by atoms with Gasteiger partial charge >= 0.3 is 6.03 Å². The molecule has 2 aliphatic carbocycles. The lowest BCUT2D eigenvalue weighted by Gasteiger charge is -2.39. The zero-order valence-electron chi connectivity index (χ0n) is 15.7. The molecular weight excluding hydrogens is 302 g/mol. The SMILES string of the molecule is C[C@H](NC(=O)NC1CC2CCC1(C)C2(C)C)C(=O)N1CCCCC1. The third kappa shape index (κ3) is 2.80. The zero-order chi connectivity index (χ0) is 17.5. The molecule has 3 unspecified atom stereocenters. The molecule has 136 valence electrons. The number of hydrogen-bond acceptors (Lipinski definition) is 2. The molecule has 1 heterocycles. The number of carbonyl (C=O) groups excluding carboxylic acids is 2. The van der Waals surface area contributed by atoms with Crippen LogP contribution in [0.5, 0.6) is 0 Å². The number of piperidine rings is 1. The minimum Gasteiger partial charge on any atom is -0.341 e. The summed E-state index contributed by atoms with van der Waals surface area (Å²) in [6.07, 6.45) is 6.85. The zero-order valence-corrected chi connectivity index (χ0v) is 15.7. The van der Waals surface area contributed by atoms with Gasteiger partial charge in [0.15, 0.2) is 0 Å². The molecule has 3 aliphatic rings. The lowest BCUT2D eigenvalue weighted by Crippen LogP contribution is -2.55. The van der Waals surface area contributed by atoms with E-state index in [-0.39, 0.29) is 28.8 Å². The molecule has 2 saturated carbocycles. The minimum absolute atomic E-state index is 0.0457. The highest BCUT2D eigenvalue weighted by Gasteiger charge is 2.61. The van der Waals surface area contributed by atoms with Crippen molar-refractivity contribution >= 4 is 11.9 Å². The topological polar surface area (TPSA) is 61.4 Å². The maximum absolute atomic E-state index is 12.4. The lowest BCUT2D eigenvalue weighted by atomic mass is 9.69. The fourth-order valence-electron chi connectivity index (χ4n) is 5.27. The molecule has 24 heavy (non-hydrogen) atoms. The molecule has 0 aromatic carbocycles. The van der Waals surface area contributed by atoms with E-state index in [1.807, 2.05) is 4.90 Å². The first-order chi connectivity index (χ1) is 11.3. The van der Waals surface area contributed by atoms with Gasteiger partial charge in [0, 0.05) is 19.1 Å². The summed E-state index contributed by atoms with van der Waals surface area (Å²) in [7, 11) is 0. The predicted molar refractivity (Wildman–Crippen MR) is 94.6 cm³/mol. The molecule has 5 heteroatoms. The standard InChI is InChI=1S/C19H33N3O2/c1-13(16(23)22-10-6-5-7-11-22)20-17(24)21-15-12-14-8-9-19(15,4)18(14,2)3/h13-15H,5-12H2,1-4H3,(H2,20,21,24)/t13-,14?,15?,19?/m0/s1. The van der Waals surface area contributed by atoms with E-state index in [1.54, 1.807) is 6.92 Å². The van der Waals surface area contributed by atoms with E-state index >= 15 is 0 Å². The van der Waals surface area contributed by atoms with Crippen molar-refractivity contribution in [2.45, 2.75) is 78.3 Å². The van der Waals surface area contributed by atoms with E-state index in [0.29, 0.717) is 5.92 Å². The first-order valence-electron chi connectivity index (χ1n) is 9.61. The molecule has 0 spiro atoms. The van der Waals surface area contributed by atoms with Crippen molar-refractivity contribution in [3.8, 4) is 0 Å². The van der Waals surface area contributed by atoms with Crippen LogP contribution in [0.15, 0.2) is 0 Å². The van der Waals surface area contributed by atoms with Crippen molar-refractivity contribution in [3.63, 3.8) is 0 Å². The van der Waals surface area contributed by atoms with Gasteiger partial charge in [-0.1, -0.05) is 20.8 Å². The van der Waals surface area contributed by atoms with Crippen LogP contribution in [0.1, 0.15) is 66.2 Å². The van der Waals surface area contributed by atoms with E-state index < -0.39 is 6.04 Å². The number of urea groups is 1. The lowest BCUT2D eigenvalue weighted by molar-refractivity contribution is -0.133. The summed E-state index contributed by atoms with van der Waals surface area (Å²) in [6, 6.07) is -0.437. The Morgan fingerprint density at radius 1 is 1.12 bits per heavy atom. The van der Waals surface area contributed by atoms with Crippen LogP contribution >= 0.6 is 0 Å². The second kappa shape index (κ2) is 6.23. The van der Waals surface area contributed by atoms with Gasteiger partial charge in [0.2, 0.25) is 5.91 Å². The van der Waals surface area contributed by atoms with Gasteiger partial charge in [0.1, 0.15) is 6.04 Å². The number of hydrogen-bond donors (Lipinski definition) is 2. The Morgan fingerprint density at radius 3 is 2.33 bits per heavy atom. The highest BCUT2D eigenvalue weighted by molar-refractivity contribution is 5.86. The van der Waals surface area contributed by atoms with E-state index in [2.05, 4.69) is 31.4 Å². The molecule has 2 bridgehead atoms. The van der Waals surface area contributed by atoms with Crippen molar-refractivity contribution in [2.75, 3.05) is 13.1 Å². The fraction of sp³-hybridized carbons (Fsp3) is 0.895. The van der Waals surface area contributed by atoms with E-state index in [9.17, 15) is 9.59 Å². The molecule has 1 saturated heterocycles. The van der Waals surface area contributed by atoms with Crippen molar-refractivity contribution in [1.29, 1.82) is 0 Å². The summed E-state index contributed by atoms with van der Waals surface area (Å²) in [5.74, 6) is 0.740. The largest absolute Gasteiger partial charge is 0.341 e. The highest BCUT2D eigenvalue weighted by Crippen LogP contribution is 2.65. The normalized spacial score (nSPS) is 35.6. The van der Waals surface area contributed by atoms with Crippen LogP contribution in [0.25, 0.3) is 0 Å². The van der Waals surface area contributed by atoms with Crippen LogP contribution in [0, 0.1) is 16.7 Å². The van der Waals surface area contributed by atoms with Crippen molar-refractivity contribution in [3.05, 3.63) is 0 Å². The van der Waals surface area contributed by atoms with Crippen LogP contribution in [0.4, 0.5) is 4.79 Å². The molecule has 3 rings (SSSR count). The van der Waals surface area contributed by atoms with Crippen LogP contribution < -0.4 is 10.6 Å². The predicted octanol–water partition coefficient (Wildman–Crippen LogP) is 2.90. The van der Waals surface area contributed by atoms with Gasteiger partial charge in [-0.15, -0.1) is 0 Å². The fourth-order valence-corrected chi connectivity index (χ4v) is 5.27. The van der Waals surface area contributed by atoms with Crippen LogP contribution in [0.2, 0.25) is 0 Å². The summed E-state index contributed by atoms with van der Waals surface area (Å²) in [4.78, 5) is 26.8. The van der Waals surface area contributed by atoms with Crippen LogP contribution in [-0.2, 0) is 4.79 Å². The Labute approximate surface area is 145 Å². The smallest absolute Gasteiger partial charge is 0.315 e. The Bertz CT molecular complexity index is 513. The first-order valence-corrected chi connectivity index (χ1v) is 9.61. The molecule has 4 atom stereocenters. The summed E-state index contributed by atoms with van der Waals surface area (Å²) >= 11 is 0. The average Bonchev–Trinajstić information content (AvgIpc) is 2.88. The van der Waals surface area contributed by atoms with Gasteiger partial charge in [0.05, 0.1) is 0 Å². The first kappa shape index (κ1) is 17.6. The second-order valence-corrected chi connectivity index (χ2v) is 8.89. The van der Waals surface area contributed by atoms with Gasteiger partial charge in [-0.3, -0.25) is 4.79 Å². The second-order valence-electron chi connectivity index (χ2n) is 8.89. The van der Waals surface area contributed by atoms with Gasteiger partial charge in [-0.2, -0.15) is 0 Å². The van der Waals surface area contributed by atoms with Gasteiger partial charge in [0.25, 0.3) is 0 Å². The molecule has 0 radical (unpaired) electrons.